The highest BCUT2D eigenvalue weighted by Crippen LogP contribution is 2.27. The van der Waals surface area contributed by atoms with E-state index in [1.165, 1.54) is 0 Å². The van der Waals surface area contributed by atoms with Crippen LogP contribution in [0.4, 0.5) is 0 Å². The first-order valence-corrected chi connectivity index (χ1v) is 7.59. The van der Waals surface area contributed by atoms with Gasteiger partial charge in [-0.15, -0.1) is 0 Å². The molecule has 2 nitrogen and oxygen atoms in total. The monoisotopic (exact) mass is 383 g/mol. The van der Waals surface area contributed by atoms with Crippen molar-refractivity contribution in [2.24, 2.45) is 5.73 Å². The van der Waals surface area contributed by atoms with Crippen molar-refractivity contribution in [3.05, 3.63) is 68.6 Å². The van der Waals surface area contributed by atoms with Gasteiger partial charge in [0.25, 0.3) is 0 Å². The third-order valence-corrected chi connectivity index (χ3v) is 4.91. The van der Waals surface area contributed by atoms with Crippen molar-refractivity contribution in [3.63, 3.8) is 0 Å². The molecule has 0 aliphatic carbocycles. The normalized spacial score (nSPS) is 14.1. The standard InChI is InChI=1S/C15H15Br2NO/c16-12-7-6-11(9-13(12)17)15(18)14(19)8-10-4-2-1-3-5-10/h1-7,9,14-15,19H,8,18H2/t14-,15+/m1/s1. The van der Waals surface area contributed by atoms with Crippen LogP contribution in [0.25, 0.3) is 0 Å². The van der Waals surface area contributed by atoms with E-state index in [0.717, 1.165) is 20.1 Å². The molecule has 0 fully saturated rings. The lowest BCUT2D eigenvalue weighted by Crippen LogP contribution is -2.28. The van der Waals surface area contributed by atoms with E-state index in [1.54, 1.807) is 0 Å². The summed E-state index contributed by atoms with van der Waals surface area (Å²) in [5.74, 6) is 0. The summed E-state index contributed by atoms with van der Waals surface area (Å²) >= 11 is 6.87. The van der Waals surface area contributed by atoms with Crippen LogP contribution in [-0.4, -0.2) is 11.2 Å². The summed E-state index contributed by atoms with van der Waals surface area (Å²) in [4.78, 5) is 0. The van der Waals surface area contributed by atoms with Gasteiger partial charge in [0.15, 0.2) is 0 Å². The highest BCUT2D eigenvalue weighted by Gasteiger charge is 2.17. The fraction of sp³-hybridized carbons (Fsp3) is 0.200. The minimum absolute atomic E-state index is 0.399. The smallest absolute Gasteiger partial charge is 0.0773 e. The van der Waals surface area contributed by atoms with Gasteiger partial charge in [0, 0.05) is 15.4 Å². The number of hydrogen-bond acceptors (Lipinski definition) is 2. The molecule has 0 spiro atoms. The molecule has 0 aliphatic rings. The minimum Gasteiger partial charge on any atom is -0.391 e. The number of benzene rings is 2. The van der Waals surface area contributed by atoms with Crippen molar-refractivity contribution in [2.45, 2.75) is 18.6 Å². The van der Waals surface area contributed by atoms with Gasteiger partial charge in [0.2, 0.25) is 0 Å². The predicted octanol–water partition coefficient (Wildman–Crippen LogP) is 3.82. The van der Waals surface area contributed by atoms with E-state index < -0.39 is 12.1 Å². The maximum Gasteiger partial charge on any atom is 0.0773 e. The van der Waals surface area contributed by atoms with E-state index in [-0.39, 0.29) is 0 Å². The van der Waals surface area contributed by atoms with Crippen LogP contribution in [0.3, 0.4) is 0 Å². The molecule has 3 N–H and O–H groups in total. The number of rotatable bonds is 4. The van der Waals surface area contributed by atoms with Crippen molar-refractivity contribution in [2.75, 3.05) is 0 Å². The van der Waals surface area contributed by atoms with Crippen molar-refractivity contribution in [1.29, 1.82) is 0 Å². The molecule has 0 amide bonds. The Labute approximate surface area is 129 Å². The summed E-state index contributed by atoms with van der Waals surface area (Å²) in [6, 6.07) is 15.3. The Hall–Kier alpha value is -0.680. The summed E-state index contributed by atoms with van der Waals surface area (Å²) < 4.78 is 1.91. The zero-order valence-electron chi connectivity index (χ0n) is 10.3. The van der Waals surface area contributed by atoms with E-state index in [9.17, 15) is 5.11 Å². The lowest BCUT2D eigenvalue weighted by molar-refractivity contribution is 0.145. The molecular formula is C15H15Br2NO. The molecule has 0 aromatic heterocycles. The first-order chi connectivity index (χ1) is 9.08. The van der Waals surface area contributed by atoms with Crippen LogP contribution in [0.15, 0.2) is 57.5 Å². The molecule has 2 rings (SSSR count). The van der Waals surface area contributed by atoms with Crippen molar-refractivity contribution in [1.82, 2.24) is 0 Å². The molecule has 0 saturated carbocycles. The Balaban J connectivity index is 2.10. The van der Waals surface area contributed by atoms with Gasteiger partial charge in [-0.05, 0) is 55.1 Å². The van der Waals surface area contributed by atoms with E-state index in [4.69, 9.17) is 5.73 Å². The van der Waals surface area contributed by atoms with Gasteiger partial charge in [-0.3, -0.25) is 0 Å². The minimum atomic E-state index is -0.601. The van der Waals surface area contributed by atoms with Gasteiger partial charge in [-0.1, -0.05) is 36.4 Å². The van der Waals surface area contributed by atoms with E-state index in [1.807, 2.05) is 48.5 Å². The molecule has 0 unspecified atom stereocenters. The van der Waals surface area contributed by atoms with Crippen LogP contribution in [0.1, 0.15) is 17.2 Å². The quantitative estimate of drug-likeness (QED) is 0.841. The van der Waals surface area contributed by atoms with E-state index >= 15 is 0 Å². The molecule has 4 heteroatoms. The van der Waals surface area contributed by atoms with Crippen molar-refractivity contribution in [3.8, 4) is 0 Å². The van der Waals surface area contributed by atoms with Crippen LogP contribution < -0.4 is 5.73 Å². The summed E-state index contributed by atoms with van der Waals surface area (Å²) in [6.07, 6.45) is -0.0501. The van der Waals surface area contributed by atoms with Crippen molar-refractivity contribution < 1.29 is 5.11 Å². The fourth-order valence-electron chi connectivity index (χ4n) is 1.92. The van der Waals surface area contributed by atoms with Gasteiger partial charge in [0.1, 0.15) is 0 Å². The molecule has 2 aromatic rings. The first-order valence-electron chi connectivity index (χ1n) is 6.00. The molecule has 0 aliphatic heterocycles. The average Bonchev–Trinajstić information content (AvgIpc) is 2.42. The Morgan fingerprint density at radius 1 is 1.00 bits per heavy atom. The maximum absolute atomic E-state index is 10.2. The molecule has 0 heterocycles. The second-order valence-corrected chi connectivity index (χ2v) is 6.17. The van der Waals surface area contributed by atoms with Gasteiger partial charge in [-0.2, -0.15) is 0 Å². The largest absolute Gasteiger partial charge is 0.391 e. The van der Waals surface area contributed by atoms with Gasteiger partial charge in [0.05, 0.1) is 12.1 Å². The lowest BCUT2D eigenvalue weighted by atomic mass is 9.97. The number of hydrogen-bond donors (Lipinski definition) is 2. The number of nitrogens with two attached hydrogens (primary N) is 1. The highest BCUT2D eigenvalue weighted by atomic mass is 79.9. The molecule has 0 radical (unpaired) electrons. The van der Waals surface area contributed by atoms with Crippen LogP contribution in [0.2, 0.25) is 0 Å². The predicted molar refractivity (Wildman–Crippen MR) is 84.9 cm³/mol. The molecule has 19 heavy (non-hydrogen) atoms. The molecule has 100 valence electrons. The fourth-order valence-corrected chi connectivity index (χ4v) is 2.57. The Bertz CT molecular complexity index is 545. The second kappa shape index (κ2) is 6.66. The Kier molecular flexibility index (Phi) is 5.16. The third kappa shape index (κ3) is 3.89. The molecule has 0 bridgehead atoms. The molecule has 0 saturated heterocycles. The van der Waals surface area contributed by atoms with E-state index in [0.29, 0.717) is 6.42 Å². The van der Waals surface area contributed by atoms with Crippen LogP contribution >= 0.6 is 31.9 Å². The molecule has 2 aromatic carbocycles. The average molecular weight is 385 g/mol. The van der Waals surface area contributed by atoms with Gasteiger partial charge in [-0.25, -0.2) is 0 Å². The summed E-state index contributed by atoms with van der Waals surface area (Å²) in [6.45, 7) is 0. The van der Waals surface area contributed by atoms with Crippen LogP contribution in [-0.2, 0) is 6.42 Å². The SMILES string of the molecule is N[C@@H](c1ccc(Br)c(Br)c1)[C@H](O)Cc1ccccc1. The second-order valence-electron chi connectivity index (χ2n) is 4.46. The topological polar surface area (TPSA) is 46.2 Å². The van der Waals surface area contributed by atoms with Crippen molar-refractivity contribution >= 4 is 31.9 Å². The zero-order chi connectivity index (χ0) is 13.8. The van der Waals surface area contributed by atoms with Gasteiger partial charge >= 0.3 is 0 Å². The number of aliphatic hydroxyl groups excluding tert-OH is 1. The number of halogens is 2. The summed E-state index contributed by atoms with van der Waals surface area (Å²) in [5, 5.41) is 10.2. The zero-order valence-corrected chi connectivity index (χ0v) is 13.4. The van der Waals surface area contributed by atoms with Crippen LogP contribution in [0.5, 0.6) is 0 Å². The van der Waals surface area contributed by atoms with Gasteiger partial charge < -0.3 is 10.8 Å². The highest BCUT2D eigenvalue weighted by molar-refractivity contribution is 9.13. The Morgan fingerprint density at radius 3 is 2.32 bits per heavy atom. The third-order valence-electron chi connectivity index (χ3n) is 3.03. The molecular weight excluding hydrogens is 370 g/mol. The van der Waals surface area contributed by atoms with Crippen LogP contribution in [0, 0.1) is 0 Å². The number of aliphatic hydroxyl groups is 1. The summed E-state index contributed by atoms with van der Waals surface area (Å²) in [5.41, 5.74) is 8.12. The first kappa shape index (κ1) is 14.7. The lowest BCUT2D eigenvalue weighted by Gasteiger charge is -2.20. The maximum atomic E-state index is 10.2. The van der Waals surface area contributed by atoms with E-state index in [2.05, 4.69) is 31.9 Å². The summed E-state index contributed by atoms with van der Waals surface area (Å²) in [7, 11) is 0. The Morgan fingerprint density at radius 2 is 1.68 bits per heavy atom. The molecule has 2 atom stereocenters.